The molecule has 0 bridgehead atoms. The van der Waals surface area contributed by atoms with Gasteiger partial charge in [0.2, 0.25) is 5.91 Å². The Labute approximate surface area is 220 Å². The summed E-state index contributed by atoms with van der Waals surface area (Å²) >= 11 is 0. The summed E-state index contributed by atoms with van der Waals surface area (Å²) in [6.07, 6.45) is 8.19. The summed E-state index contributed by atoms with van der Waals surface area (Å²) in [5.41, 5.74) is 7.53. The van der Waals surface area contributed by atoms with Crippen LogP contribution in [0.3, 0.4) is 0 Å². The lowest BCUT2D eigenvalue weighted by Crippen LogP contribution is -2.44. The largest absolute Gasteiger partial charge is 0.367 e. The second-order valence-corrected chi connectivity index (χ2v) is 10.5. The van der Waals surface area contributed by atoms with E-state index in [0.717, 1.165) is 79.0 Å². The summed E-state index contributed by atoms with van der Waals surface area (Å²) in [6.45, 7) is 4.13. The van der Waals surface area contributed by atoms with E-state index in [0.29, 0.717) is 11.3 Å². The molecule has 38 heavy (non-hydrogen) atoms. The number of likely N-dealkylation sites (N-methyl/N-ethyl adjacent to an activating group) is 1. The molecule has 1 saturated heterocycles. The van der Waals surface area contributed by atoms with Gasteiger partial charge in [-0.15, -0.1) is 0 Å². The fourth-order valence-electron chi connectivity index (χ4n) is 5.48. The average molecular weight is 510 g/mol. The minimum atomic E-state index is -0.160. The number of carbonyl (C=O) groups excluding carboxylic acids is 1. The molecule has 0 spiro atoms. The SMILES string of the molecule is CN1CCN(c2cccc3c2NC(c2[nH]nc4ncc(-c5cncc(NC(=O)C6CCC6)c5)cc24)N3)CC1. The maximum atomic E-state index is 12.4. The molecule has 4 N–H and O–H groups in total. The van der Waals surface area contributed by atoms with Crippen molar-refractivity contribution in [3.8, 4) is 11.1 Å². The van der Waals surface area contributed by atoms with Crippen molar-refractivity contribution in [2.24, 2.45) is 5.92 Å². The second-order valence-electron chi connectivity index (χ2n) is 10.5. The Kier molecular flexibility index (Phi) is 5.61. The first-order valence-electron chi connectivity index (χ1n) is 13.3. The Bertz CT molecular complexity index is 1500. The molecule has 1 aromatic carbocycles. The summed E-state index contributed by atoms with van der Waals surface area (Å²) in [6, 6.07) is 10.5. The van der Waals surface area contributed by atoms with Gasteiger partial charge < -0.3 is 25.8 Å². The zero-order chi connectivity index (χ0) is 25.6. The molecular weight excluding hydrogens is 478 g/mol. The van der Waals surface area contributed by atoms with Gasteiger partial charge in [-0.2, -0.15) is 5.10 Å². The van der Waals surface area contributed by atoms with Crippen LogP contribution in [0.5, 0.6) is 0 Å². The van der Waals surface area contributed by atoms with E-state index >= 15 is 0 Å². The highest BCUT2D eigenvalue weighted by molar-refractivity contribution is 5.94. The van der Waals surface area contributed by atoms with Crippen LogP contribution in [0.15, 0.2) is 48.9 Å². The van der Waals surface area contributed by atoms with Crippen molar-refractivity contribution in [2.45, 2.75) is 25.4 Å². The quantitative estimate of drug-likeness (QED) is 0.319. The Morgan fingerprint density at radius 2 is 1.87 bits per heavy atom. The van der Waals surface area contributed by atoms with E-state index in [2.05, 4.69) is 77.2 Å². The van der Waals surface area contributed by atoms with Crippen molar-refractivity contribution >= 4 is 39.7 Å². The summed E-state index contributed by atoms with van der Waals surface area (Å²) in [4.78, 5) is 26.2. The molecule has 3 aromatic heterocycles. The molecule has 0 radical (unpaired) electrons. The van der Waals surface area contributed by atoms with Gasteiger partial charge in [0.05, 0.1) is 34.6 Å². The number of nitrogens with one attached hydrogen (secondary N) is 4. The lowest BCUT2D eigenvalue weighted by atomic mass is 9.85. The molecule has 5 heterocycles. The van der Waals surface area contributed by atoms with Crippen LogP contribution in [0, 0.1) is 5.92 Å². The van der Waals surface area contributed by atoms with Crippen LogP contribution >= 0.6 is 0 Å². The Morgan fingerprint density at radius 3 is 2.68 bits per heavy atom. The van der Waals surface area contributed by atoms with Gasteiger partial charge in [-0.05, 0) is 44.2 Å². The minimum absolute atomic E-state index is 0.0785. The van der Waals surface area contributed by atoms with Crippen LogP contribution in [0.4, 0.5) is 22.7 Å². The van der Waals surface area contributed by atoms with Crippen LogP contribution in [0.25, 0.3) is 22.2 Å². The maximum Gasteiger partial charge on any atom is 0.227 e. The highest BCUT2D eigenvalue weighted by Gasteiger charge is 2.29. The molecule has 1 saturated carbocycles. The maximum absolute atomic E-state index is 12.4. The second kappa shape index (κ2) is 9.29. The van der Waals surface area contributed by atoms with E-state index in [9.17, 15) is 4.79 Å². The van der Waals surface area contributed by atoms with Gasteiger partial charge in [0.15, 0.2) is 5.65 Å². The van der Waals surface area contributed by atoms with Gasteiger partial charge in [0.25, 0.3) is 0 Å². The summed E-state index contributed by atoms with van der Waals surface area (Å²) in [7, 11) is 2.17. The number of amides is 1. The lowest BCUT2D eigenvalue weighted by Gasteiger charge is -2.35. The molecule has 194 valence electrons. The van der Waals surface area contributed by atoms with Crippen molar-refractivity contribution in [2.75, 3.05) is 54.1 Å². The van der Waals surface area contributed by atoms with Gasteiger partial charge >= 0.3 is 0 Å². The van der Waals surface area contributed by atoms with Crippen molar-refractivity contribution < 1.29 is 4.79 Å². The zero-order valence-corrected chi connectivity index (χ0v) is 21.4. The number of aromatic nitrogens is 4. The molecule has 1 amide bonds. The van der Waals surface area contributed by atoms with E-state index in [1.165, 1.54) is 5.69 Å². The molecule has 1 unspecified atom stereocenters. The highest BCUT2D eigenvalue weighted by Crippen LogP contribution is 2.43. The molecule has 2 aliphatic heterocycles. The van der Waals surface area contributed by atoms with Gasteiger partial charge in [-0.25, -0.2) is 4.98 Å². The van der Waals surface area contributed by atoms with Gasteiger partial charge in [-0.1, -0.05) is 12.5 Å². The van der Waals surface area contributed by atoms with Crippen molar-refractivity contribution in [1.29, 1.82) is 0 Å². The minimum Gasteiger partial charge on any atom is -0.367 e. The van der Waals surface area contributed by atoms with E-state index < -0.39 is 0 Å². The molecule has 2 fully saturated rings. The van der Waals surface area contributed by atoms with Crippen LogP contribution < -0.4 is 20.9 Å². The van der Waals surface area contributed by atoms with E-state index in [1.807, 2.05) is 6.07 Å². The molecule has 1 atom stereocenters. The van der Waals surface area contributed by atoms with Crippen LogP contribution in [0.1, 0.15) is 31.1 Å². The third-order valence-corrected chi connectivity index (χ3v) is 8.02. The number of para-hydroxylation sites is 1. The number of hydrogen-bond acceptors (Lipinski definition) is 8. The summed E-state index contributed by atoms with van der Waals surface area (Å²) in [5.74, 6) is 0.201. The number of rotatable bonds is 5. The van der Waals surface area contributed by atoms with Crippen molar-refractivity contribution in [3.63, 3.8) is 0 Å². The third kappa shape index (κ3) is 4.10. The van der Waals surface area contributed by atoms with Crippen LogP contribution in [-0.2, 0) is 4.79 Å². The smallest absolute Gasteiger partial charge is 0.227 e. The van der Waals surface area contributed by atoms with Crippen molar-refractivity contribution in [3.05, 3.63) is 54.6 Å². The number of pyridine rings is 2. The molecule has 4 aromatic rings. The molecule has 7 rings (SSSR count). The number of piperazine rings is 1. The highest BCUT2D eigenvalue weighted by atomic mass is 16.1. The number of hydrogen-bond donors (Lipinski definition) is 4. The van der Waals surface area contributed by atoms with Crippen LogP contribution in [-0.4, -0.2) is 64.2 Å². The number of nitrogens with zero attached hydrogens (tertiary/aromatic N) is 5. The Hall–Kier alpha value is -4.18. The first kappa shape index (κ1) is 23.0. The lowest BCUT2D eigenvalue weighted by molar-refractivity contribution is -0.122. The third-order valence-electron chi connectivity index (χ3n) is 8.02. The summed E-state index contributed by atoms with van der Waals surface area (Å²) < 4.78 is 0. The Morgan fingerprint density at radius 1 is 1.03 bits per heavy atom. The van der Waals surface area contributed by atoms with Gasteiger partial charge in [0, 0.05) is 61.0 Å². The number of aromatic amines is 1. The van der Waals surface area contributed by atoms with Gasteiger partial charge in [0.1, 0.15) is 6.17 Å². The standard InChI is InChI=1S/C28H31N9O/c1-36-8-10-37(11-9-36)23-7-3-6-22-25(23)33-27(32-22)24-21-13-19(15-30-26(21)35-34-24)18-12-20(16-29-14-18)31-28(38)17-4-2-5-17/h3,6-7,12-17,27,32-33H,2,4-5,8-11H2,1H3,(H,31,38)(H,30,34,35). The van der Waals surface area contributed by atoms with E-state index in [1.54, 1.807) is 18.6 Å². The number of benzene rings is 1. The number of H-pyrrole nitrogens is 1. The molecule has 1 aliphatic carbocycles. The molecule has 3 aliphatic rings. The first-order valence-corrected chi connectivity index (χ1v) is 13.3. The monoisotopic (exact) mass is 509 g/mol. The summed E-state index contributed by atoms with van der Waals surface area (Å²) in [5, 5.41) is 18.9. The fourth-order valence-corrected chi connectivity index (χ4v) is 5.48. The predicted octanol–water partition coefficient (Wildman–Crippen LogP) is 4.05. The van der Waals surface area contributed by atoms with Crippen LogP contribution in [0.2, 0.25) is 0 Å². The zero-order valence-electron chi connectivity index (χ0n) is 21.4. The molecule has 10 nitrogen and oxygen atoms in total. The topological polar surface area (TPSA) is 114 Å². The number of carbonyl (C=O) groups is 1. The van der Waals surface area contributed by atoms with E-state index in [-0.39, 0.29) is 18.0 Å². The Balaban J connectivity index is 1.15. The first-order chi connectivity index (χ1) is 18.6. The normalized spacial score (nSPS) is 19.5. The fraction of sp³-hybridized carbons (Fsp3) is 0.357. The predicted molar refractivity (Wildman–Crippen MR) is 149 cm³/mol. The van der Waals surface area contributed by atoms with E-state index in [4.69, 9.17) is 0 Å². The average Bonchev–Trinajstić information content (AvgIpc) is 3.52. The van der Waals surface area contributed by atoms with Gasteiger partial charge in [-0.3, -0.25) is 14.9 Å². The number of anilines is 4. The molecule has 10 heteroatoms. The van der Waals surface area contributed by atoms with Crippen molar-refractivity contribution in [1.82, 2.24) is 25.1 Å². The number of fused-ring (bicyclic) bond motifs is 2. The molecular formula is C28H31N9O.